The number of pyridine rings is 1. The summed E-state index contributed by atoms with van der Waals surface area (Å²) in [6, 6.07) is 6.99. The molecule has 1 unspecified atom stereocenters. The van der Waals surface area contributed by atoms with Gasteiger partial charge in [-0.2, -0.15) is 0 Å². The van der Waals surface area contributed by atoms with Crippen LogP contribution >= 0.6 is 0 Å². The maximum Gasteiger partial charge on any atom is 0.285 e. The molecule has 1 atom stereocenters. The van der Waals surface area contributed by atoms with E-state index in [9.17, 15) is 24.1 Å². The van der Waals surface area contributed by atoms with Crippen molar-refractivity contribution in [2.24, 2.45) is 7.05 Å². The molecule has 0 fully saturated rings. The highest BCUT2D eigenvalue weighted by molar-refractivity contribution is 5.76. The molecular formula is C18H16FN5O4. The van der Waals surface area contributed by atoms with Crippen LogP contribution in [0.2, 0.25) is 0 Å². The molecule has 0 aliphatic rings. The van der Waals surface area contributed by atoms with Crippen LogP contribution in [0.4, 0.5) is 10.1 Å². The number of rotatable bonds is 6. The first kappa shape index (κ1) is 19.0. The Morgan fingerprint density at radius 1 is 1.29 bits per heavy atom. The van der Waals surface area contributed by atoms with Gasteiger partial charge in [-0.25, -0.2) is 9.37 Å². The number of aryl methyl sites for hydroxylation is 1. The van der Waals surface area contributed by atoms with Crippen LogP contribution in [0.3, 0.4) is 0 Å². The maximum absolute atomic E-state index is 13.3. The maximum atomic E-state index is 13.3. The average molecular weight is 385 g/mol. The molecule has 2 heterocycles. The second-order valence-corrected chi connectivity index (χ2v) is 6.06. The summed E-state index contributed by atoms with van der Waals surface area (Å²) in [7, 11) is 1.75. The van der Waals surface area contributed by atoms with E-state index in [1.165, 1.54) is 24.3 Å². The molecule has 0 saturated carbocycles. The smallest absolute Gasteiger partial charge is 0.285 e. The third kappa shape index (κ3) is 4.11. The Bertz CT molecular complexity index is 1070. The van der Waals surface area contributed by atoms with Crippen molar-refractivity contribution in [1.29, 1.82) is 0 Å². The highest BCUT2D eigenvalue weighted by atomic mass is 19.1. The monoisotopic (exact) mass is 385 g/mol. The molecule has 10 heteroatoms. The number of hydrogen-bond acceptors (Lipinski definition) is 5. The summed E-state index contributed by atoms with van der Waals surface area (Å²) < 4.78 is 15.9. The lowest BCUT2D eigenvalue weighted by molar-refractivity contribution is -0.385. The fourth-order valence-corrected chi connectivity index (χ4v) is 2.72. The lowest BCUT2D eigenvalue weighted by Gasteiger charge is -2.19. The van der Waals surface area contributed by atoms with Gasteiger partial charge in [-0.05, 0) is 17.7 Å². The second-order valence-electron chi connectivity index (χ2n) is 6.06. The number of amides is 1. The first-order valence-corrected chi connectivity index (χ1v) is 8.22. The van der Waals surface area contributed by atoms with Gasteiger partial charge in [-0.15, -0.1) is 0 Å². The van der Waals surface area contributed by atoms with E-state index in [4.69, 9.17) is 0 Å². The molecule has 3 rings (SSSR count). The number of nitro groups is 1. The Morgan fingerprint density at radius 3 is 2.61 bits per heavy atom. The molecule has 0 spiro atoms. The molecule has 3 aromatic rings. The van der Waals surface area contributed by atoms with E-state index < -0.39 is 34.8 Å². The molecule has 2 aromatic heterocycles. The number of benzene rings is 1. The van der Waals surface area contributed by atoms with Crippen LogP contribution in [-0.2, 0) is 18.4 Å². The molecule has 1 N–H and O–H groups in total. The SMILES string of the molecule is Cn1ccnc1C(NC(=O)Cn1cc([N+](=O)[O-])ccc1=O)c1ccc(F)cc1. The molecule has 0 aliphatic heterocycles. The highest BCUT2D eigenvalue weighted by Gasteiger charge is 2.21. The van der Waals surface area contributed by atoms with Gasteiger partial charge < -0.3 is 9.88 Å². The first-order valence-electron chi connectivity index (χ1n) is 8.22. The lowest BCUT2D eigenvalue weighted by atomic mass is 10.1. The van der Waals surface area contributed by atoms with Gasteiger partial charge in [0.25, 0.3) is 11.2 Å². The van der Waals surface area contributed by atoms with Crippen LogP contribution in [0.5, 0.6) is 0 Å². The summed E-state index contributed by atoms with van der Waals surface area (Å²) in [5.41, 5.74) is -0.252. The Morgan fingerprint density at radius 2 is 2.00 bits per heavy atom. The Kier molecular flexibility index (Phi) is 5.30. The summed E-state index contributed by atoms with van der Waals surface area (Å²) in [5, 5.41) is 13.6. The molecule has 144 valence electrons. The predicted octanol–water partition coefficient (Wildman–Crippen LogP) is 1.53. The van der Waals surface area contributed by atoms with Crippen molar-refractivity contribution >= 4 is 11.6 Å². The number of nitrogens with one attached hydrogen (secondary N) is 1. The van der Waals surface area contributed by atoms with Crippen molar-refractivity contribution in [2.75, 3.05) is 0 Å². The number of aromatic nitrogens is 3. The van der Waals surface area contributed by atoms with Gasteiger partial charge in [0.2, 0.25) is 5.91 Å². The van der Waals surface area contributed by atoms with Gasteiger partial charge in [0.05, 0.1) is 11.1 Å². The molecule has 1 aromatic carbocycles. The minimum atomic E-state index is -0.692. The summed E-state index contributed by atoms with van der Waals surface area (Å²) in [6.07, 6.45) is 4.27. The van der Waals surface area contributed by atoms with Gasteiger partial charge in [-0.3, -0.25) is 24.3 Å². The second kappa shape index (κ2) is 7.82. The van der Waals surface area contributed by atoms with E-state index in [1.807, 2.05) is 0 Å². The Labute approximate surface area is 158 Å². The summed E-state index contributed by atoms with van der Waals surface area (Å²) >= 11 is 0. The third-order valence-electron chi connectivity index (χ3n) is 4.12. The zero-order chi connectivity index (χ0) is 20.3. The average Bonchev–Trinajstić information content (AvgIpc) is 3.08. The molecule has 0 radical (unpaired) electrons. The van der Waals surface area contributed by atoms with Gasteiger partial charge in [0.15, 0.2) is 0 Å². The summed E-state index contributed by atoms with van der Waals surface area (Å²) in [4.78, 5) is 38.9. The Balaban J connectivity index is 1.87. The van der Waals surface area contributed by atoms with Crippen LogP contribution < -0.4 is 10.9 Å². The van der Waals surface area contributed by atoms with Crippen LogP contribution in [-0.4, -0.2) is 24.9 Å². The van der Waals surface area contributed by atoms with Gasteiger partial charge in [-0.1, -0.05) is 12.1 Å². The number of carbonyl (C=O) groups is 1. The molecule has 28 heavy (non-hydrogen) atoms. The fraction of sp³-hybridized carbons (Fsp3) is 0.167. The number of carbonyl (C=O) groups excluding carboxylic acids is 1. The molecular weight excluding hydrogens is 369 g/mol. The largest absolute Gasteiger partial charge is 0.341 e. The first-order chi connectivity index (χ1) is 13.3. The summed E-state index contributed by atoms with van der Waals surface area (Å²) in [6.45, 7) is -0.414. The lowest BCUT2D eigenvalue weighted by Crippen LogP contribution is -2.36. The van der Waals surface area contributed by atoms with Crippen molar-refractivity contribution in [3.63, 3.8) is 0 Å². The molecule has 0 saturated heterocycles. The molecule has 1 amide bonds. The van der Waals surface area contributed by atoms with Crippen molar-refractivity contribution in [1.82, 2.24) is 19.4 Å². The van der Waals surface area contributed by atoms with Crippen molar-refractivity contribution in [3.05, 3.63) is 92.7 Å². The number of hydrogen-bond donors (Lipinski definition) is 1. The van der Waals surface area contributed by atoms with Gasteiger partial charge in [0, 0.05) is 31.6 Å². The zero-order valence-electron chi connectivity index (χ0n) is 14.8. The number of nitrogens with zero attached hydrogens (tertiary/aromatic N) is 4. The van der Waals surface area contributed by atoms with E-state index in [2.05, 4.69) is 10.3 Å². The van der Waals surface area contributed by atoms with Crippen LogP contribution in [0, 0.1) is 15.9 Å². The quantitative estimate of drug-likeness (QED) is 0.511. The van der Waals surface area contributed by atoms with E-state index in [0.717, 1.165) is 22.9 Å². The van der Waals surface area contributed by atoms with E-state index in [1.54, 1.807) is 24.0 Å². The van der Waals surface area contributed by atoms with Crippen molar-refractivity contribution in [3.8, 4) is 0 Å². The number of imidazole rings is 1. The zero-order valence-corrected chi connectivity index (χ0v) is 14.8. The standard InChI is InChI=1S/C18H16FN5O4/c1-22-9-8-20-18(22)17(12-2-4-13(19)5-3-12)21-15(25)11-23-10-14(24(27)28)6-7-16(23)26/h2-10,17H,11H2,1H3,(H,21,25). The van der Waals surface area contributed by atoms with Crippen LogP contribution in [0.1, 0.15) is 17.4 Å². The van der Waals surface area contributed by atoms with Gasteiger partial charge >= 0.3 is 0 Å². The van der Waals surface area contributed by atoms with E-state index in [-0.39, 0.29) is 5.69 Å². The van der Waals surface area contributed by atoms with E-state index in [0.29, 0.717) is 11.4 Å². The fourth-order valence-electron chi connectivity index (χ4n) is 2.72. The highest BCUT2D eigenvalue weighted by Crippen LogP contribution is 2.21. The minimum absolute atomic E-state index is 0.299. The predicted molar refractivity (Wildman–Crippen MR) is 97.0 cm³/mol. The summed E-state index contributed by atoms with van der Waals surface area (Å²) in [5.74, 6) is -0.469. The third-order valence-corrected chi connectivity index (χ3v) is 4.12. The molecule has 9 nitrogen and oxygen atoms in total. The normalized spacial score (nSPS) is 11.8. The number of halogens is 1. The van der Waals surface area contributed by atoms with Crippen molar-refractivity contribution in [2.45, 2.75) is 12.6 Å². The van der Waals surface area contributed by atoms with Crippen LogP contribution in [0.25, 0.3) is 0 Å². The van der Waals surface area contributed by atoms with Crippen LogP contribution in [0.15, 0.2) is 59.8 Å². The van der Waals surface area contributed by atoms with E-state index >= 15 is 0 Å². The van der Waals surface area contributed by atoms with Crippen molar-refractivity contribution < 1.29 is 14.1 Å². The van der Waals surface area contributed by atoms with Gasteiger partial charge in [0.1, 0.15) is 24.2 Å². The molecule has 0 bridgehead atoms. The Hall–Kier alpha value is -3.82. The topological polar surface area (TPSA) is 112 Å². The molecule has 0 aliphatic carbocycles. The minimum Gasteiger partial charge on any atom is -0.341 e.